The lowest BCUT2D eigenvalue weighted by atomic mass is 9.96. The van der Waals surface area contributed by atoms with Gasteiger partial charge in [0.1, 0.15) is 0 Å². The van der Waals surface area contributed by atoms with E-state index >= 15 is 0 Å². The predicted molar refractivity (Wildman–Crippen MR) is 72.2 cm³/mol. The van der Waals surface area contributed by atoms with Crippen molar-refractivity contribution < 1.29 is 9.59 Å². The molecule has 0 bridgehead atoms. The molecule has 102 valence electrons. The third-order valence-corrected chi connectivity index (χ3v) is 3.52. The molecule has 19 heavy (non-hydrogen) atoms. The van der Waals surface area contributed by atoms with Gasteiger partial charge < -0.3 is 16.4 Å². The van der Waals surface area contributed by atoms with Gasteiger partial charge >= 0.3 is 0 Å². The van der Waals surface area contributed by atoms with E-state index in [1.807, 2.05) is 12.1 Å². The van der Waals surface area contributed by atoms with E-state index in [0.29, 0.717) is 25.2 Å². The molecule has 1 aliphatic heterocycles. The minimum absolute atomic E-state index is 0.0544. The minimum Gasteiger partial charge on any atom is -0.369 e. The summed E-state index contributed by atoms with van der Waals surface area (Å²) < 4.78 is 0. The number of nitrogens with zero attached hydrogens (tertiary/aromatic N) is 1. The van der Waals surface area contributed by atoms with E-state index in [-0.39, 0.29) is 17.7 Å². The van der Waals surface area contributed by atoms with Gasteiger partial charge in [0.05, 0.1) is 5.92 Å². The van der Waals surface area contributed by atoms with E-state index in [1.54, 1.807) is 17.0 Å². The van der Waals surface area contributed by atoms with Gasteiger partial charge in [-0.15, -0.1) is 0 Å². The summed E-state index contributed by atoms with van der Waals surface area (Å²) in [6.45, 7) is 1.50. The van der Waals surface area contributed by atoms with Crippen molar-refractivity contribution in [3.63, 3.8) is 0 Å². The van der Waals surface area contributed by atoms with Gasteiger partial charge in [0.2, 0.25) is 5.91 Å². The van der Waals surface area contributed by atoms with Crippen molar-refractivity contribution >= 4 is 11.8 Å². The van der Waals surface area contributed by atoms with E-state index in [4.69, 9.17) is 11.5 Å². The average Bonchev–Trinajstić information content (AvgIpc) is 2.46. The molecule has 0 saturated carbocycles. The number of primary amides is 1. The first-order chi connectivity index (χ1) is 9.11. The van der Waals surface area contributed by atoms with Gasteiger partial charge in [-0.1, -0.05) is 12.1 Å². The first kappa shape index (κ1) is 13.5. The molecule has 2 rings (SSSR count). The Morgan fingerprint density at radius 2 is 2.16 bits per heavy atom. The Hall–Kier alpha value is -1.88. The molecule has 1 saturated heterocycles. The maximum atomic E-state index is 12.4. The van der Waals surface area contributed by atoms with Crippen LogP contribution in [0.25, 0.3) is 0 Å². The number of nitrogens with two attached hydrogens (primary N) is 2. The van der Waals surface area contributed by atoms with Crippen molar-refractivity contribution in [3.05, 3.63) is 35.4 Å². The molecule has 0 radical (unpaired) electrons. The fourth-order valence-corrected chi connectivity index (χ4v) is 2.41. The third kappa shape index (κ3) is 3.12. The highest BCUT2D eigenvalue weighted by Gasteiger charge is 2.27. The van der Waals surface area contributed by atoms with E-state index in [9.17, 15) is 9.59 Å². The number of rotatable bonds is 3. The summed E-state index contributed by atoms with van der Waals surface area (Å²) >= 11 is 0. The number of piperidine rings is 1. The summed E-state index contributed by atoms with van der Waals surface area (Å²) in [5.41, 5.74) is 12.4. The lowest BCUT2D eigenvalue weighted by Crippen LogP contribution is -2.44. The van der Waals surface area contributed by atoms with Crippen molar-refractivity contribution in [3.8, 4) is 0 Å². The van der Waals surface area contributed by atoms with Crippen molar-refractivity contribution in [1.82, 2.24) is 4.90 Å². The topological polar surface area (TPSA) is 89.4 Å². The Morgan fingerprint density at radius 3 is 2.84 bits per heavy atom. The van der Waals surface area contributed by atoms with Crippen molar-refractivity contribution in [2.75, 3.05) is 13.1 Å². The summed E-state index contributed by atoms with van der Waals surface area (Å²) in [4.78, 5) is 25.3. The van der Waals surface area contributed by atoms with Crippen LogP contribution in [0.5, 0.6) is 0 Å². The molecule has 1 aromatic carbocycles. The summed E-state index contributed by atoms with van der Waals surface area (Å²) in [5, 5.41) is 0. The fraction of sp³-hybridized carbons (Fsp3) is 0.429. The van der Waals surface area contributed by atoms with Gasteiger partial charge in [-0.25, -0.2) is 0 Å². The van der Waals surface area contributed by atoms with Crippen LogP contribution in [-0.2, 0) is 11.3 Å². The Balaban J connectivity index is 2.12. The highest BCUT2D eigenvalue weighted by atomic mass is 16.2. The molecular formula is C14H19N3O2. The zero-order chi connectivity index (χ0) is 13.8. The van der Waals surface area contributed by atoms with Crippen LogP contribution in [0.1, 0.15) is 28.8 Å². The van der Waals surface area contributed by atoms with Crippen LogP contribution >= 0.6 is 0 Å². The van der Waals surface area contributed by atoms with Crippen LogP contribution in [0.3, 0.4) is 0 Å². The summed E-state index contributed by atoms with van der Waals surface area (Å²) in [6.07, 6.45) is 1.58. The molecule has 1 aliphatic rings. The van der Waals surface area contributed by atoms with E-state index in [0.717, 1.165) is 18.4 Å². The second-order valence-corrected chi connectivity index (χ2v) is 4.90. The molecule has 5 heteroatoms. The van der Waals surface area contributed by atoms with Crippen LogP contribution in [0.2, 0.25) is 0 Å². The van der Waals surface area contributed by atoms with Crippen molar-refractivity contribution in [1.29, 1.82) is 0 Å². The smallest absolute Gasteiger partial charge is 0.253 e. The lowest BCUT2D eigenvalue weighted by molar-refractivity contribution is -0.123. The first-order valence-corrected chi connectivity index (χ1v) is 6.49. The number of likely N-dealkylation sites (tertiary alicyclic amines) is 1. The average molecular weight is 261 g/mol. The molecule has 0 spiro atoms. The number of hydrogen-bond donors (Lipinski definition) is 2. The molecule has 1 fully saturated rings. The zero-order valence-electron chi connectivity index (χ0n) is 10.8. The Labute approximate surface area is 112 Å². The van der Waals surface area contributed by atoms with Crippen LogP contribution in [0.15, 0.2) is 24.3 Å². The highest BCUT2D eigenvalue weighted by Crippen LogP contribution is 2.18. The van der Waals surface area contributed by atoms with Gasteiger partial charge in [0, 0.05) is 25.2 Å². The van der Waals surface area contributed by atoms with Gasteiger partial charge in [0.15, 0.2) is 0 Å². The molecule has 0 aromatic heterocycles. The maximum absolute atomic E-state index is 12.4. The monoisotopic (exact) mass is 261 g/mol. The zero-order valence-corrected chi connectivity index (χ0v) is 10.8. The molecule has 4 N–H and O–H groups in total. The number of carbonyl (C=O) groups excluding carboxylic acids is 2. The molecule has 1 aromatic rings. The van der Waals surface area contributed by atoms with Gasteiger partial charge in [0.25, 0.3) is 5.91 Å². The van der Waals surface area contributed by atoms with Crippen molar-refractivity contribution in [2.24, 2.45) is 17.4 Å². The van der Waals surface area contributed by atoms with Crippen molar-refractivity contribution in [2.45, 2.75) is 19.4 Å². The summed E-state index contributed by atoms with van der Waals surface area (Å²) in [7, 11) is 0. The standard InChI is InChI=1S/C14H19N3O2/c15-8-10-3-1-4-11(7-10)14(19)17-6-2-5-12(9-17)13(16)18/h1,3-4,7,12H,2,5-6,8-9,15H2,(H2,16,18). The number of amides is 2. The highest BCUT2D eigenvalue weighted by molar-refractivity contribution is 5.94. The van der Waals surface area contributed by atoms with Crippen LogP contribution in [0.4, 0.5) is 0 Å². The fourth-order valence-electron chi connectivity index (χ4n) is 2.41. The quantitative estimate of drug-likeness (QED) is 0.829. The minimum atomic E-state index is -0.326. The maximum Gasteiger partial charge on any atom is 0.253 e. The molecule has 2 amide bonds. The van der Waals surface area contributed by atoms with E-state index < -0.39 is 0 Å². The largest absolute Gasteiger partial charge is 0.369 e. The van der Waals surface area contributed by atoms with Crippen LogP contribution < -0.4 is 11.5 Å². The Bertz CT molecular complexity index is 487. The van der Waals surface area contributed by atoms with Crippen LogP contribution in [0, 0.1) is 5.92 Å². The molecule has 0 aliphatic carbocycles. The lowest BCUT2D eigenvalue weighted by Gasteiger charge is -2.31. The van der Waals surface area contributed by atoms with E-state index in [2.05, 4.69) is 0 Å². The predicted octanol–water partition coefficient (Wildman–Crippen LogP) is 0.483. The molecular weight excluding hydrogens is 242 g/mol. The molecule has 1 atom stereocenters. The molecule has 5 nitrogen and oxygen atoms in total. The first-order valence-electron chi connectivity index (χ1n) is 6.49. The summed E-state index contributed by atoms with van der Waals surface area (Å²) in [5.74, 6) is -0.607. The Kier molecular flexibility index (Phi) is 4.16. The second-order valence-electron chi connectivity index (χ2n) is 4.90. The van der Waals surface area contributed by atoms with Gasteiger partial charge in [-0.2, -0.15) is 0 Å². The number of carbonyl (C=O) groups is 2. The van der Waals surface area contributed by atoms with Gasteiger partial charge in [-0.05, 0) is 30.5 Å². The SMILES string of the molecule is NCc1cccc(C(=O)N2CCCC(C(N)=O)C2)c1. The van der Waals surface area contributed by atoms with Gasteiger partial charge in [-0.3, -0.25) is 9.59 Å². The third-order valence-electron chi connectivity index (χ3n) is 3.52. The molecule has 1 unspecified atom stereocenters. The summed E-state index contributed by atoms with van der Waals surface area (Å²) in [6, 6.07) is 7.29. The number of hydrogen-bond acceptors (Lipinski definition) is 3. The van der Waals surface area contributed by atoms with Crippen LogP contribution in [-0.4, -0.2) is 29.8 Å². The normalized spacial score (nSPS) is 19.2. The second kappa shape index (κ2) is 5.84. The number of benzene rings is 1. The molecule has 1 heterocycles. The van der Waals surface area contributed by atoms with E-state index in [1.165, 1.54) is 0 Å². The Morgan fingerprint density at radius 1 is 1.37 bits per heavy atom.